The predicted molar refractivity (Wildman–Crippen MR) is 42.2 cm³/mol. The molecular weight excluding hydrogens is 184 g/mol. The molecule has 0 saturated heterocycles. The third kappa shape index (κ3) is 177. The molecule has 0 amide bonds. The maximum Gasteiger partial charge on any atom is 0.231 e. The standard InChI is InChI=1S/C3H8O2S.2CHNO/c1-3-6(2,4)5;2*2-1-3/h3H2,1-2H3;2*2H. The van der Waals surface area contributed by atoms with Gasteiger partial charge in [0.25, 0.3) is 0 Å². The summed E-state index contributed by atoms with van der Waals surface area (Å²) in [5.74, 6) is 0.243. The molecule has 0 heterocycles. The van der Waals surface area contributed by atoms with Gasteiger partial charge in [-0.25, -0.2) is 28.8 Å². The Morgan fingerprint density at radius 1 is 1.17 bits per heavy atom. The van der Waals surface area contributed by atoms with E-state index in [-0.39, 0.29) is 5.75 Å². The molecule has 0 aliphatic carbocycles. The van der Waals surface area contributed by atoms with Gasteiger partial charge in [-0.15, -0.1) is 0 Å². The highest BCUT2D eigenvalue weighted by atomic mass is 32.2. The van der Waals surface area contributed by atoms with Crippen molar-refractivity contribution >= 4 is 22.0 Å². The molecule has 12 heavy (non-hydrogen) atoms. The minimum atomic E-state index is -2.66. The summed E-state index contributed by atoms with van der Waals surface area (Å²) in [5.41, 5.74) is 0. The van der Waals surface area contributed by atoms with Gasteiger partial charge in [0.15, 0.2) is 0 Å². The molecule has 0 aromatic heterocycles. The van der Waals surface area contributed by atoms with Crippen molar-refractivity contribution in [3.05, 3.63) is 0 Å². The fraction of sp³-hybridized carbons (Fsp3) is 0.600. The highest BCUT2D eigenvalue weighted by Gasteiger charge is 1.90. The second-order valence-corrected chi connectivity index (χ2v) is 3.85. The summed E-state index contributed by atoms with van der Waals surface area (Å²) in [6, 6.07) is 0. The van der Waals surface area contributed by atoms with Crippen LogP contribution in [0.25, 0.3) is 0 Å². The highest BCUT2D eigenvalue weighted by Crippen LogP contribution is 1.75. The van der Waals surface area contributed by atoms with Gasteiger partial charge in [0.05, 0.1) is 0 Å². The van der Waals surface area contributed by atoms with E-state index in [0.29, 0.717) is 0 Å². The van der Waals surface area contributed by atoms with Crippen molar-refractivity contribution in [1.82, 2.24) is 0 Å². The zero-order valence-electron chi connectivity index (χ0n) is 6.75. The first-order chi connectivity index (χ1) is 5.39. The summed E-state index contributed by atoms with van der Waals surface area (Å²) < 4.78 is 20.0. The second kappa shape index (κ2) is 12.4. The van der Waals surface area contributed by atoms with Gasteiger partial charge in [-0.2, -0.15) is 0 Å². The smallest absolute Gasteiger partial charge is 0.229 e. The van der Waals surface area contributed by atoms with E-state index in [1.54, 1.807) is 6.92 Å². The van der Waals surface area contributed by atoms with Crippen LogP contribution in [0.4, 0.5) is 0 Å². The minimum Gasteiger partial charge on any atom is -0.229 e. The Labute approximate surface area is 70.5 Å². The molecule has 0 spiro atoms. The van der Waals surface area contributed by atoms with E-state index in [2.05, 4.69) is 0 Å². The molecule has 6 nitrogen and oxygen atoms in total. The third-order valence-corrected chi connectivity index (χ3v) is 1.57. The molecule has 0 aromatic rings. The van der Waals surface area contributed by atoms with E-state index >= 15 is 0 Å². The number of rotatable bonds is 1. The van der Waals surface area contributed by atoms with E-state index in [4.69, 9.17) is 20.4 Å². The molecule has 0 rings (SSSR count). The summed E-state index contributed by atoms with van der Waals surface area (Å²) in [4.78, 5) is 16.7. The van der Waals surface area contributed by atoms with Gasteiger partial charge in [-0.05, 0) is 0 Å². The Hall–Kier alpha value is -1.29. The molecule has 0 aliphatic heterocycles. The van der Waals surface area contributed by atoms with Gasteiger partial charge in [0.1, 0.15) is 9.84 Å². The number of nitrogens with one attached hydrogen (secondary N) is 2. The van der Waals surface area contributed by atoms with Crippen LogP contribution in [0.2, 0.25) is 0 Å². The van der Waals surface area contributed by atoms with E-state index < -0.39 is 9.84 Å². The van der Waals surface area contributed by atoms with Gasteiger partial charge in [-0.1, -0.05) is 6.92 Å². The van der Waals surface area contributed by atoms with Crippen LogP contribution >= 0.6 is 0 Å². The molecule has 0 atom stereocenters. The fourth-order valence-electron chi connectivity index (χ4n) is 0. The molecular formula is C5H10N2O4S. The van der Waals surface area contributed by atoms with Crippen LogP contribution in [0.5, 0.6) is 0 Å². The molecule has 0 unspecified atom stereocenters. The summed E-state index contributed by atoms with van der Waals surface area (Å²) >= 11 is 0. The Morgan fingerprint density at radius 2 is 1.25 bits per heavy atom. The first-order valence-electron chi connectivity index (χ1n) is 2.65. The largest absolute Gasteiger partial charge is 0.231 e. The monoisotopic (exact) mass is 194 g/mol. The lowest BCUT2D eigenvalue weighted by Gasteiger charge is -1.81. The first kappa shape index (κ1) is 17.0. The zero-order chi connectivity index (χ0) is 10.6. The lowest BCUT2D eigenvalue weighted by molar-refractivity contribution is 0.562. The highest BCUT2D eigenvalue weighted by molar-refractivity contribution is 7.90. The minimum absolute atomic E-state index is 0.243. The van der Waals surface area contributed by atoms with Crippen molar-refractivity contribution in [2.75, 3.05) is 12.0 Å². The number of sulfone groups is 1. The van der Waals surface area contributed by atoms with Crippen molar-refractivity contribution in [1.29, 1.82) is 10.8 Å². The fourth-order valence-corrected chi connectivity index (χ4v) is 0. The Balaban J connectivity index is -0.000000115. The normalized spacial score (nSPS) is 7.17. The Morgan fingerprint density at radius 3 is 1.25 bits per heavy atom. The molecule has 7 heteroatoms. The summed E-state index contributed by atoms with van der Waals surface area (Å²) in [6.07, 6.45) is 2.72. The van der Waals surface area contributed by atoms with Crippen molar-refractivity contribution in [2.24, 2.45) is 0 Å². The lowest BCUT2D eigenvalue weighted by Crippen LogP contribution is -1.96. The zero-order valence-corrected chi connectivity index (χ0v) is 7.56. The van der Waals surface area contributed by atoms with Crippen molar-refractivity contribution in [2.45, 2.75) is 6.92 Å². The quantitative estimate of drug-likeness (QED) is 0.446. The van der Waals surface area contributed by atoms with Gasteiger partial charge >= 0.3 is 0 Å². The summed E-state index contributed by atoms with van der Waals surface area (Å²) in [5, 5.41) is 10.8. The van der Waals surface area contributed by atoms with Gasteiger partial charge in [-0.3, -0.25) is 0 Å². The molecule has 70 valence electrons. The lowest BCUT2D eigenvalue weighted by atomic mass is 11.0. The van der Waals surface area contributed by atoms with Crippen LogP contribution in [0.15, 0.2) is 0 Å². The molecule has 0 fully saturated rings. The summed E-state index contributed by atoms with van der Waals surface area (Å²) in [6.45, 7) is 1.62. The second-order valence-electron chi connectivity index (χ2n) is 1.42. The molecule has 0 bridgehead atoms. The van der Waals surface area contributed by atoms with Crippen LogP contribution in [-0.4, -0.2) is 32.6 Å². The van der Waals surface area contributed by atoms with Gasteiger partial charge in [0, 0.05) is 12.0 Å². The number of carbonyl (C=O) groups excluding carboxylic acids is 2. The van der Waals surface area contributed by atoms with Crippen molar-refractivity contribution in [3.63, 3.8) is 0 Å². The third-order valence-electron chi connectivity index (χ3n) is 0.524. The molecule has 0 aliphatic rings. The van der Waals surface area contributed by atoms with E-state index in [1.165, 1.54) is 6.26 Å². The Bertz CT molecular complexity index is 233. The predicted octanol–water partition coefficient (Wildman–Crippen LogP) is -0.147. The molecule has 0 aromatic carbocycles. The first-order valence-corrected chi connectivity index (χ1v) is 4.71. The molecule has 0 radical (unpaired) electrons. The Kier molecular flexibility index (Phi) is 17.5. The maximum absolute atomic E-state index is 10.0. The van der Waals surface area contributed by atoms with Crippen LogP contribution in [-0.2, 0) is 19.4 Å². The number of isocyanates is 2. The summed E-state index contributed by atoms with van der Waals surface area (Å²) in [7, 11) is -2.66. The molecule has 0 saturated carbocycles. The van der Waals surface area contributed by atoms with Gasteiger partial charge in [0.2, 0.25) is 12.2 Å². The number of hydrogen-bond donors (Lipinski definition) is 2. The average Bonchev–Trinajstić information content (AvgIpc) is 1.90. The van der Waals surface area contributed by atoms with E-state index in [9.17, 15) is 8.42 Å². The van der Waals surface area contributed by atoms with E-state index in [1.807, 2.05) is 0 Å². The van der Waals surface area contributed by atoms with Gasteiger partial charge < -0.3 is 0 Å². The number of hydrogen-bond acceptors (Lipinski definition) is 6. The maximum atomic E-state index is 10.0. The van der Waals surface area contributed by atoms with Crippen molar-refractivity contribution < 1.29 is 18.0 Å². The van der Waals surface area contributed by atoms with Crippen molar-refractivity contribution in [3.8, 4) is 0 Å². The van der Waals surface area contributed by atoms with Crippen LogP contribution in [0.1, 0.15) is 6.92 Å². The SMILES string of the molecule is CCS(C)(=O)=O.N=C=O.N=C=O. The average molecular weight is 194 g/mol. The van der Waals surface area contributed by atoms with Crippen LogP contribution in [0.3, 0.4) is 0 Å². The molecule has 2 N–H and O–H groups in total. The van der Waals surface area contributed by atoms with E-state index in [0.717, 1.165) is 12.2 Å². The topological polar surface area (TPSA) is 116 Å². The van der Waals surface area contributed by atoms with Crippen LogP contribution < -0.4 is 0 Å². The van der Waals surface area contributed by atoms with Crippen LogP contribution in [0, 0.1) is 10.8 Å².